The lowest BCUT2D eigenvalue weighted by Crippen LogP contribution is -2.57. The van der Waals surface area contributed by atoms with E-state index < -0.39 is 18.2 Å². The van der Waals surface area contributed by atoms with Crippen LogP contribution in [-0.2, 0) is 14.3 Å². The summed E-state index contributed by atoms with van der Waals surface area (Å²) in [6.07, 6.45) is 0.698. The van der Waals surface area contributed by atoms with Gasteiger partial charge in [-0.25, -0.2) is 0 Å². The summed E-state index contributed by atoms with van der Waals surface area (Å²) in [6.45, 7) is 4.36. The van der Waals surface area contributed by atoms with Crippen molar-refractivity contribution >= 4 is 29.9 Å². The standard InChI is InChI=1S/C14H20N6O4/c1-7(2)12(22)18-14-17-11-10(13(23)19-14)16-6-20(11)9-4-15-3-8(5-21)24-9/h6-10,15,21H,3-5H2,1-2H3,(H,18,19,22,23). The predicted molar refractivity (Wildman–Crippen MR) is 85.6 cm³/mol. The fourth-order valence-electron chi connectivity index (χ4n) is 2.49. The second-order valence-corrected chi connectivity index (χ2v) is 6.02. The number of fused-ring (bicyclic) bond motifs is 1. The lowest BCUT2D eigenvalue weighted by atomic mass is 10.2. The molecule has 3 N–H and O–H groups in total. The Kier molecular flexibility index (Phi) is 4.69. The van der Waals surface area contributed by atoms with Gasteiger partial charge in [0, 0.05) is 19.0 Å². The molecular formula is C14H20N6O4. The maximum absolute atomic E-state index is 12.2. The van der Waals surface area contributed by atoms with Crippen LogP contribution in [0.25, 0.3) is 0 Å². The second-order valence-electron chi connectivity index (χ2n) is 6.02. The number of ether oxygens (including phenoxy) is 1. The number of nitrogens with one attached hydrogen (secondary N) is 2. The van der Waals surface area contributed by atoms with Crippen LogP contribution < -0.4 is 10.6 Å². The maximum Gasteiger partial charge on any atom is 0.259 e. The van der Waals surface area contributed by atoms with Gasteiger partial charge in [0.05, 0.1) is 19.0 Å². The molecule has 10 nitrogen and oxygen atoms in total. The average Bonchev–Trinajstić information content (AvgIpc) is 2.99. The van der Waals surface area contributed by atoms with Gasteiger partial charge in [0.1, 0.15) is 6.23 Å². The number of aliphatic hydroxyl groups is 1. The third-order valence-electron chi connectivity index (χ3n) is 3.82. The molecule has 0 spiro atoms. The van der Waals surface area contributed by atoms with Gasteiger partial charge in [0.15, 0.2) is 11.9 Å². The summed E-state index contributed by atoms with van der Waals surface area (Å²) in [7, 11) is 0. The molecule has 3 atom stereocenters. The van der Waals surface area contributed by atoms with E-state index in [-0.39, 0.29) is 30.5 Å². The Bertz CT molecular complexity index is 629. The highest BCUT2D eigenvalue weighted by atomic mass is 16.5. The number of hydrogen-bond donors (Lipinski definition) is 3. The number of morpholine rings is 1. The van der Waals surface area contributed by atoms with Crippen molar-refractivity contribution in [3.63, 3.8) is 0 Å². The Morgan fingerprint density at radius 2 is 2.33 bits per heavy atom. The average molecular weight is 336 g/mol. The Labute approximate surface area is 138 Å². The lowest BCUT2D eigenvalue weighted by molar-refractivity contribution is -0.120. The van der Waals surface area contributed by atoms with Crippen LogP contribution in [0.4, 0.5) is 0 Å². The molecule has 10 heteroatoms. The Morgan fingerprint density at radius 1 is 1.54 bits per heavy atom. The second kappa shape index (κ2) is 6.75. The van der Waals surface area contributed by atoms with Crippen molar-refractivity contribution in [1.29, 1.82) is 0 Å². The van der Waals surface area contributed by atoms with Crippen LogP contribution in [0.5, 0.6) is 0 Å². The number of aliphatic hydroxyl groups excluding tert-OH is 1. The molecule has 24 heavy (non-hydrogen) atoms. The molecule has 130 valence electrons. The molecule has 3 aliphatic rings. The number of guanidine groups is 1. The summed E-state index contributed by atoms with van der Waals surface area (Å²) >= 11 is 0. The molecule has 0 aromatic rings. The number of aliphatic imine (C=N–C) groups is 3. The molecule has 1 saturated heterocycles. The van der Waals surface area contributed by atoms with E-state index >= 15 is 0 Å². The molecule has 3 unspecified atom stereocenters. The Morgan fingerprint density at radius 3 is 3.04 bits per heavy atom. The van der Waals surface area contributed by atoms with Gasteiger partial charge in [0.2, 0.25) is 5.96 Å². The summed E-state index contributed by atoms with van der Waals surface area (Å²) in [6, 6.07) is -0.781. The minimum Gasteiger partial charge on any atom is -0.394 e. The van der Waals surface area contributed by atoms with Gasteiger partial charge in [-0.3, -0.25) is 24.8 Å². The number of amides is 2. The van der Waals surface area contributed by atoms with E-state index in [4.69, 9.17) is 4.74 Å². The van der Waals surface area contributed by atoms with Crippen LogP contribution in [0.3, 0.4) is 0 Å². The van der Waals surface area contributed by atoms with E-state index in [9.17, 15) is 14.7 Å². The molecule has 3 heterocycles. The van der Waals surface area contributed by atoms with Gasteiger partial charge >= 0.3 is 0 Å². The minimum atomic E-state index is -0.781. The molecule has 3 rings (SSSR count). The van der Waals surface area contributed by atoms with E-state index in [1.165, 1.54) is 6.34 Å². The topological polar surface area (TPSA) is 128 Å². The fourth-order valence-corrected chi connectivity index (χ4v) is 2.49. The molecule has 0 aromatic heterocycles. The van der Waals surface area contributed by atoms with Crippen LogP contribution in [0.15, 0.2) is 15.0 Å². The highest BCUT2D eigenvalue weighted by molar-refractivity contribution is 6.24. The van der Waals surface area contributed by atoms with Crippen molar-refractivity contribution in [2.24, 2.45) is 20.9 Å². The van der Waals surface area contributed by atoms with Crippen molar-refractivity contribution in [2.75, 3.05) is 19.7 Å². The van der Waals surface area contributed by atoms with Crippen molar-refractivity contribution in [2.45, 2.75) is 32.2 Å². The number of nitrogens with zero attached hydrogens (tertiary/aromatic N) is 4. The SMILES string of the molecule is CC(C)C(=O)N=C1N=C2C(N=CN2C2CNCC(CO)O2)C(=O)N1. The van der Waals surface area contributed by atoms with E-state index in [0.717, 1.165) is 0 Å². The number of carbonyl (C=O) groups is 2. The zero-order valence-electron chi connectivity index (χ0n) is 13.5. The summed E-state index contributed by atoms with van der Waals surface area (Å²) in [4.78, 5) is 37.8. The first-order chi connectivity index (χ1) is 11.5. The van der Waals surface area contributed by atoms with Crippen LogP contribution >= 0.6 is 0 Å². The Hall–Kier alpha value is -2.17. The van der Waals surface area contributed by atoms with Crippen molar-refractivity contribution < 1.29 is 19.4 Å². The highest BCUT2D eigenvalue weighted by Gasteiger charge is 2.41. The summed E-state index contributed by atoms with van der Waals surface area (Å²) in [5.41, 5.74) is 0. The zero-order chi connectivity index (χ0) is 17.3. The molecule has 0 bridgehead atoms. The number of amidine groups is 1. The monoisotopic (exact) mass is 336 g/mol. The van der Waals surface area contributed by atoms with E-state index in [1.807, 2.05) is 0 Å². The molecule has 0 saturated carbocycles. The number of carbonyl (C=O) groups excluding carboxylic acids is 2. The molecule has 2 amide bonds. The summed E-state index contributed by atoms with van der Waals surface area (Å²) < 4.78 is 5.76. The van der Waals surface area contributed by atoms with Crippen LogP contribution in [0.1, 0.15) is 13.8 Å². The summed E-state index contributed by atoms with van der Waals surface area (Å²) in [5, 5.41) is 14.9. The largest absolute Gasteiger partial charge is 0.394 e. The van der Waals surface area contributed by atoms with E-state index in [1.54, 1.807) is 18.7 Å². The van der Waals surface area contributed by atoms with Gasteiger partial charge in [0.25, 0.3) is 11.8 Å². The van der Waals surface area contributed by atoms with Crippen LogP contribution in [0.2, 0.25) is 0 Å². The maximum atomic E-state index is 12.2. The first-order valence-corrected chi connectivity index (χ1v) is 7.80. The Balaban J connectivity index is 1.83. The predicted octanol–water partition coefficient (Wildman–Crippen LogP) is -1.93. The minimum absolute atomic E-state index is 0.0390. The lowest BCUT2D eigenvalue weighted by Gasteiger charge is -2.36. The van der Waals surface area contributed by atoms with Gasteiger partial charge in [-0.1, -0.05) is 13.8 Å². The fraction of sp³-hybridized carbons (Fsp3) is 0.643. The molecule has 0 radical (unpaired) electrons. The van der Waals surface area contributed by atoms with Crippen LogP contribution in [0, 0.1) is 5.92 Å². The van der Waals surface area contributed by atoms with E-state index in [0.29, 0.717) is 18.9 Å². The van der Waals surface area contributed by atoms with Crippen molar-refractivity contribution in [3.8, 4) is 0 Å². The van der Waals surface area contributed by atoms with Crippen molar-refractivity contribution in [1.82, 2.24) is 15.5 Å². The molecule has 1 fully saturated rings. The van der Waals surface area contributed by atoms with Crippen molar-refractivity contribution in [3.05, 3.63) is 0 Å². The normalized spacial score (nSPS) is 31.2. The summed E-state index contributed by atoms with van der Waals surface area (Å²) in [5.74, 6) is -0.729. The van der Waals surface area contributed by atoms with Gasteiger partial charge in [-0.2, -0.15) is 9.98 Å². The van der Waals surface area contributed by atoms with Crippen LogP contribution in [-0.4, -0.2) is 78.0 Å². The van der Waals surface area contributed by atoms with Gasteiger partial charge < -0.3 is 15.2 Å². The zero-order valence-corrected chi connectivity index (χ0v) is 13.5. The number of hydrogen-bond acceptors (Lipinski definition) is 7. The molecule has 3 aliphatic heterocycles. The first-order valence-electron chi connectivity index (χ1n) is 7.80. The molecule has 0 aromatic carbocycles. The van der Waals surface area contributed by atoms with Gasteiger partial charge in [-0.05, 0) is 0 Å². The third-order valence-corrected chi connectivity index (χ3v) is 3.82. The van der Waals surface area contributed by atoms with E-state index in [2.05, 4.69) is 25.6 Å². The highest BCUT2D eigenvalue weighted by Crippen LogP contribution is 2.18. The smallest absolute Gasteiger partial charge is 0.259 e. The first kappa shape index (κ1) is 16.7. The quantitative estimate of drug-likeness (QED) is 0.551. The third kappa shape index (κ3) is 3.21. The number of rotatable bonds is 3. The molecule has 0 aliphatic carbocycles. The molecular weight excluding hydrogens is 316 g/mol. The van der Waals surface area contributed by atoms with Gasteiger partial charge in [-0.15, -0.1) is 0 Å².